The van der Waals surface area contributed by atoms with Crippen LogP contribution in [0.25, 0.3) is 0 Å². The van der Waals surface area contributed by atoms with E-state index in [2.05, 4.69) is 4.98 Å². The van der Waals surface area contributed by atoms with E-state index >= 15 is 0 Å². The van der Waals surface area contributed by atoms with Crippen LogP contribution in [0.4, 0.5) is 0 Å². The molecule has 6 heteroatoms. The van der Waals surface area contributed by atoms with E-state index in [1.54, 1.807) is 12.3 Å². The van der Waals surface area contributed by atoms with Crippen molar-refractivity contribution in [2.24, 2.45) is 0 Å². The summed E-state index contributed by atoms with van der Waals surface area (Å²) in [5.41, 5.74) is 0.543. The molecule has 1 aromatic rings. The number of amides is 1. The van der Waals surface area contributed by atoms with Crippen molar-refractivity contribution in [1.82, 2.24) is 9.88 Å². The highest BCUT2D eigenvalue weighted by molar-refractivity contribution is 7.99. The van der Waals surface area contributed by atoms with Gasteiger partial charge in [0.05, 0.1) is 16.7 Å². The number of rotatable bonds is 4. The van der Waals surface area contributed by atoms with Crippen LogP contribution in [0.5, 0.6) is 0 Å². The van der Waals surface area contributed by atoms with Crippen molar-refractivity contribution >= 4 is 29.3 Å². The van der Waals surface area contributed by atoms with Gasteiger partial charge in [-0.05, 0) is 31.1 Å². The number of hydrogen-bond acceptors (Lipinski definition) is 4. The highest BCUT2D eigenvalue weighted by atomic mass is 35.5. The van der Waals surface area contributed by atoms with Crippen LogP contribution in [0.1, 0.15) is 29.6 Å². The standard InChI is InChI=1S/C15H19ClN2O2S/c16-14-8-17-5-3-13(14)15(19)18(11-4-7-21-10-11)9-12-2-1-6-20-12/h3,5,8,11-12H,1-2,4,6-7,9-10H2. The first-order valence-electron chi connectivity index (χ1n) is 7.35. The van der Waals surface area contributed by atoms with Gasteiger partial charge in [-0.15, -0.1) is 0 Å². The third-order valence-electron chi connectivity index (χ3n) is 4.03. The minimum Gasteiger partial charge on any atom is -0.376 e. The van der Waals surface area contributed by atoms with Crippen molar-refractivity contribution in [3.05, 3.63) is 29.0 Å². The normalized spacial score (nSPS) is 25.2. The van der Waals surface area contributed by atoms with Crippen LogP contribution in [0, 0.1) is 0 Å². The predicted octanol–water partition coefficient (Wildman–Crippen LogP) is 2.86. The first kappa shape index (κ1) is 15.1. The third-order valence-corrected chi connectivity index (χ3v) is 5.48. The molecule has 2 saturated heterocycles. The molecular weight excluding hydrogens is 308 g/mol. The van der Waals surface area contributed by atoms with Gasteiger partial charge in [0.1, 0.15) is 0 Å². The molecule has 2 fully saturated rings. The first-order valence-corrected chi connectivity index (χ1v) is 8.89. The molecule has 0 radical (unpaired) electrons. The summed E-state index contributed by atoms with van der Waals surface area (Å²) in [6.07, 6.45) is 6.48. The summed E-state index contributed by atoms with van der Waals surface area (Å²) in [7, 11) is 0. The zero-order chi connectivity index (χ0) is 14.7. The average molecular weight is 327 g/mol. The van der Waals surface area contributed by atoms with Gasteiger partial charge in [-0.1, -0.05) is 11.6 Å². The first-order chi connectivity index (χ1) is 10.3. The second kappa shape index (κ2) is 6.99. The van der Waals surface area contributed by atoms with Gasteiger partial charge in [-0.3, -0.25) is 9.78 Å². The van der Waals surface area contributed by atoms with E-state index in [0.29, 0.717) is 17.1 Å². The van der Waals surface area contributed by atoms with Gasteiger partial charge in [-0.25, -0.2) is 0 Å². The van der Waals surface area contributed by atoms with Crippen LogP contribution in [0.3, 0.4) is 0 Å². The number of halogens is 1. The quantitative estimate of drug-likeness (QED) is 0.853. The summed E-state index contributed by atoms with van der Waals surface area (Å²) in [5, 5.41) is 0.422. The van der Waals surface area contributed by atoms with Gasteiger partial charge in [0, 0.05) is 37.3 Å². The fraction of sp³-hybridized carbons (Fsp3) is 0.600. The van der Waals surface area contributed by atoms with E-state index in [0.717, 1.165) is 37.4 Å². The van der Waals surface area contributed by atoms with Crippen LogP contribution in [-0.2, 0) is 4.74 Å². The lowest BCUT2D eigenvalue weighted by Gasteiger charge is -2.31. The maximum absolute atomic E-state index is 12.9. The lowest BCUT2D eigenvalue weighted by molar-refractivity contribution is 0.0442. The molecule has 0 N–H and O–H groups in total. The molecule has 2 aliphatic rings. The molecule has 114 valence electrons. The van der Waals surface area contributed by atoms with Crippen LogP contribution in [0.2, 0.25) is 5.02 Å². The summed E-state index contributed by atoms with van der Waals surface area (Å²) in [5.74, 6) is 2.12. The molecule has 3 heterocycles. The molecule has 0 aliphatic carbocycles. The molecule has 2 atom stereocenters. The number of pyridine rings is 1. The SMILES string of the molecule is O=C(c1ccncc1Cl)N(CC1CCCO1)C1CCSC1. The Morgan fingerprint density at radius 1 is 1.52 bits per heavy atom. The molecule has 1 amide bonds. The van der Waals surface area contributed by atoms with Crippen LogP contribution in [-0.4, -0.2) is 52.6 Å². The number of aromatic nitrogens is 1. The Morgan fingerprint density at radius 3 is 3.10 bits per heavy atom. The molecule has 0 spiro atoms. The Bertz CT molecular complexity index is 502. The third kappa shape index (κ3) is 3.52. The van der Waals surface area contributed by atoms with E-state index in [1.807, 2.05) is 16.7 Å². The second-order valence-electron chi connectivity index (χ2n) is 5.47. The van der Waals surface area contributed by atoms with Gasteiger partial charge in [0.2, 0.25) is 0 Å². The number of carbonyl (C=O) groups excluding carboxylic acids is 1. The Hall–Kier alpha value is -0.780. The lowest BCUT2D eigenvalue weighted by atomic mass is 10.1. The molecule has 2 aliphatic heterocycles. The van der Waals surface area contributed by atoms with Crippen LogP contribution >= 0.6 is 23.4 Å². The highest BCUT2D eigenvalue weighted by Gasteiger charge is 2.31. The predicted molar refractivity (Wildman–Crippen MR) is 85.0 cm³/mol. The van der Waals surface area contributed by atoms with Crippen molar-refractivity contribution in [1.29, 1.82) is 0 Å². The Balaban J connectivity index is 1.79. The van der Waals surface area contributed by atoms with Crippen molar-refractivity contribution in [2.45, 2.75) is 31.4 Å². The topological polar surface area (TPSA) is 42.4 Å². The van der Waals surface area contributed by atoms with Gasteiger partial charge >= 0.3 is 0 Å². The van der Waals surface area contributed by atoms with Gasteiger partial charge in [-0.2, -0.15) is 11.8 Å². The summed E-state index contributed by atoms with van der Waals surface area (Å²) in [4.78, 5) is 18.8. The molecule has 4 nitrogen and oxygen atoms in total. The number of thioether (sulfide) groups is 1. The summed E-state index contributed by atoms with van der Waals surface area (Å²) in [6, 6.07) is 1.99. The summed E-state index contributed by atoms with van der Waals surface area (Å²) < 4.78 is 5.71. The zero-order valence-electron chi connectivity index (χ0n) is 11.8. The van der Waals surface area contributed by atoms with Crippen molar-refractivity contribution in [2.75, 3.05) is 24.7 Å². The van der Waals surface area contributed by atoms with Crippen molar-refractivity contribution < 1.29 is 9.53 Å². The molecule has 2 unspecified atom stereocenters. The largest absolute Gasteiger partial charge is 0.376 e. The number of ether oxygens (including phenoxy) is 1. The van der Waals surface area contributed by atoms with E-state index in [-0.39, 0.29) is 18.1 Å². The Kier molecular flexibility index (Phi) is 5.03. The fourth-order valence-corrected chi connectivity index (χ4v) is 4.30. The molecule has 0 saturated carbocycles. The van der Waals surface area contributed by atoms with Crippen molar-refractivity contribution in [3.63, 3.8) is 0 Å². The zero-order valence-corrected chi connectivity index (χ0v) is 13.4. The van der Waals surface area contributed by atoms with Gasteiger partial charge in [0.25, 0.3) is 5.91 Å². The molecule has 1 aromatic heterocycles. The minimum atomic E-state index is 0.00500. The molecular formula is C15H19ClN2O2S. The van der Waals surface area contributed by atoms with Crippen LogP contribution < -0.4 is 0 Å². The van der Waals surface area contributed by atoms with Gasteiger partial charge in [0.15, 0.2) is 0 Å². The maximum atomic E-state index is 12.9. The van der Waals surface area contributed by atoms with E-state index in [9.17, 15) is 4.79 Å². The minimum absolute atomic E-state index is 0.00500. The number of hydrogen-bond donors (Lipinski definition) is 0. The number of nitrogens with zero attached hydrogens (tertiary/aromatic N) is 2. The van der Waals surface area contributed by atoms with Crippen molar-refractivity contribution in [3.8, 4) is 0 Å². The van der Waals surface area contributed by atoms with E-state index in [1.165, 1.54) is 6.20 Å². The molecule has 0 aromatic carbocycles. The molecule has 3 rings (SSSR count). The molecule has 21 heavy (non-hydrogen) atoms. The second-order valence-corrected chi connectivity index (χ2v) is 7.02. The smallest absolute Gasteiger partial charge is 0.255 e. The maximum Gasteiger partial charge on any atom is 0.255 e. The highest BCUT2D eigenvalue weighted by Crippen LogP contribution is 2.27. The average Bonchev–Trinajstić information content (AvgIpc) is 3.18. The number of carbonyl (C=O) groups is 1. The summed E-state index contributed by atoms with van der Waals surface area (Å²) in [6.45, 7) is 1.48. The molecule has 0 bridgehead atoms. The lowest BCUT2D eigenvalue weighted by Crippen LogP contribution is -2.44. The summed E-state index contributed by atoms with van der Waals surface area (Å²) >= 11 is 8.05. The Morgan fingerprint density at radius 2 is 2.43 bits per heavy atom. The Labute approximate surface area is 134 Å². The van der Waals surface area contributed by atoms with E-state index < -0.39 is 0 Å². The van der Waals surface area contributed by atoms with Crippen LogP contribution in [0.15, 0.2) is 18.5 Å². The fourth-order valence-electron chi connectivity index (χ4n) is 2.88. The monoisotopic (exact) mass is 326 g/mol. The van der Waals surface area contributed by atoms with Gasteiger partial charge < -0.3 is 9.64 Å². The van der Waals surface area contributed by atoms with E-state index in [4.69, 9.17) is 16.3 Å².